The highest BCUT2D eigenvalue weighted by Crippen LogP contribution is 2.35. The third kappa shape index (κ3) is 2.55. The molecule has 0 unspecified atom stereocenters. The van der Waals surface area contributed by atoms with Gasteiger partial charge in [0.05, 0.1) is 11.6 Å². The van der Waals surface area contributed by atoms with Gasteiger partial charge in [0.1, 0.15) is 0 Å². The number of benzene rings is 3. The fraction of sp³-hybridized carbons (Fsp3) is 0. The van der Waals surface area contributed by atoms with Crippen LogP contribution in [0.4, 0.5) is 0 Å². The lowest BCUT2D eigenvalue weighted by molar-refractivity contribution is 1.48. The molecule has 0 aliphatic rings. The highest BCUT2D eigenvalue weighted by Gasteiger charge is 2.10. The standard InChI is InChI=1S/C21H15N/c1-2-17-9-6-10-20(18-7-4-3-5-8-18)21(17)19-13-11-16(15-22)12-14-19/h2-14H,1H2. The van der Waals surface area contributed by atoms with Crippen molar-refractivity contribution in [2.75, 3.05) is 0 Å². The number of hydrogen-bond donors (Lipinski definition) is 0. The second-order valence-corrected chi connectivity index (χ2v) is 5.03. The number of hydrogen-bond acceptors (Lipinski definition) is 1. The molecule has 0 aromatic heterocycles. The van der Waals surface area contributed by atoms with Crippen LogP contribution < -0.4 is 0 Å². The van der Waals surface area contributed by atoms with E-state index in [1.165, 1.54) is 11.1 Å². The van der Waals surface area contributed by atoms with Gasteiger partial charge >= 0.3 is 0 Å². The van der Waals surface area contributed by atoms with Crippen LogP contribution in [0.15, 0.2) is 79.4 Å². The Morgan fingerprint density at radius 1 is 0.773 bits per heavy atom. The highest BCUT2D eigenvalue weighted by molar-refractivity contribution is 5.89. The number of rotatable bonds is 3. The molecule has 0 bridgehead atoms. The Labute approximate surface area is 130 Å². The van der Waals surface area contributed by atoms with E-state index in [-0.39, 0.29) is 0 Å². The molecule has 0 spiro atoms. The number of nitrogens with zero attached hydrogens (tertiary/aromatic N) is 1. The predicted molar refractivity (Wildman–Crippen MR) is 92.1 cm³/mol. The molecule has 0 N–H and O–H groups in total. The fourth-order valence-corrected chi connectivity index (χ4v) is 2.63. The lowest BCUT2D eigenvalue weighted by atomic mass is 9.90. The van der Waals surface area contributed by atoms with E-state index in [0.717, 1.165) is 16.7 Å². The summed E-state index contributed by atoms with van der Waals surface area (Å²) in [5.41, 5.74) is 6.34. The van der Waals surface area contributed by atoms with Crippen molar-refractivity contribution in [3.05, 3.63) is 90.5 Å². The van der Waals surface area contributed by atoms with Crippen molar-refractivity contribution in [1.82, 2.24) is 0 Å². The van der Waals surface area contributed by atoms with Gasteiger partial charge in [0, 0.05) is 0 Å². The first kappa shape index (κ1) is 13.9. The lowest BCUT2D eigenvalue weighted by Gasteiger charge is -2.14. The zero-order chi connectivity index (χ0) is 15.4. The molecule has 3 aromatic carbocycles. The average Bonchev–Trinajstić information content (AvgIpc) is 2.62. The Hall–Kier alpha value is -3.11. The van der Waals surface area contributed by atoms with Crippen LogP contribution in [0, 0.1) is 11.3 Å². The minimum Gasteiger partial charge on any atom is -0.192 e. The van der Waals surface area contributed by atoms with Crippen LogP contribution in [-0.2, 0) is 0 Å². The largest absolute Gasteiger partial charge is 0.192 e. The molecule has 0 radical (unpaired) electrons. The maximum atomic E-state index is 8.97. The molecule has 0 atom stereocenters. The molecular weight excluding hydrogens is 266 g/mol. The molecule has 3 aromatic rings. The number of nitriles is 1. The molecule has 0 aliphatic carbocycles. The summed E-state index contributed by atoms with van der Waals surface area (Å²) < 4.78 is 0. The van der Waals surface area contributed by atoms with E-state index in [0.29, 0.717) is 5.56 Å². The van der Waals surface area contributed by atoms with Crippen molar-refractivity contribution in [2.45, 2.75) is 0 Å². The Morgan fingerprint density at radius 2 is 1.50 bits per heavy atom. The van der Waals surface area contributed by atoms with Gasteiger partial charge in [-0.05, 0) is 39.9 Å². The fourth-order valence-electron chi connectivity index (χ4n) is 2.63. The van der Waals surface area contributed by atoms with Gasteiger partial charge in [-0.15, -0.1) is 0 Å². The summed E-state index contributed by atoms with van der Waals surface area (Å²) in [6.45, 7) is 3.93. The summed E-state index contributed by atoms with van der Waals surface area (Å²) in [7, 11) is 0. The first-order valence-corrected chi connectivity index (χ1v) is 7.15. The topological polar surface area (TPSA) is 23.8 Å². The van der Waals surface area contributed by atoms with Gasteiger partial charge in [0.15, 0.2) is 0 Å². The van der Waals surface area contributed by atoms with Crippen LogP contribution >= 0.6 is 0 Å². The summed E-state index contributed by atoms with van der Waals surface area (Å²) in [6.07, 6.45) is 1.87. The van der Waals surface area contributed by atoms with E-state index in [9.17, 15) is 0 Å². The quantitative estimate of drug-likeness (QED) is 0.618. The van der Waals surface area contributed by atoms with Gasteiger partial charge in [-0.3, -0.25) is 0 Å². The van der Waals surface area contributed by atoms with E-state index in [1.54, 1.807) is 0 Å². The average molecular weight is 281 g/mol. The molecule has 1 nitrogen and oxygen atoms in total. The van der Waals surface area contributed by atoms with Gasteiger partial charge in [0.2, 0.25) is 0 Å². The van der Waals surface area contributed by atoms with Crippen LogP contribution in [0.3, 0.4) is 0 Å². The van der Waals surface area contributed by atoms with E-state index in [2.05, 4.69) is 36.9 Å². The molecule has 3 rings (SSSR count). The first-order chi connectivity index (χ1) is 10.8. The van der Waals surface area contributed by atoms with E-state index in [4.69, 9.17) is 5.26 Å². The zero-order valence-electron chi connectivity index (χ0n) is 12.2. The monoisotopic (exact) mass is 281 g/mol. The van der Waals surface area contributed by atoms with E-state index < -0.39 is 0 Å². The molecule has 22 heavy (non-hydrogen) atoms. The Morgan fingerprint density at radius 3 is 2.14 bits per heavy atom. The second kappa shape index (κ2) is 6.11. The van der Waals surface area contributed by atoms with E-state index in [1.807, 2.05) is 54.6 Å². The Kier molecular flexibility index (Phi) is 3.85. The second-order valence-electron chi connectivity index (χ2n) is 5.03. The first-order valence-electron chi connectivity index (χ1n) is 7.15. The third-order valence-electron chi connectivity index (χ3n) is 3.70. The normalized spacial score (nSPS) is 9.95. The Bertz CT molecular complexity index is 837. The van der Waals surface area contributed by atoms with Crippen LogP contribution in [0.5, 0.6) is 0 Å². The molecule has 0 saturated carbocycles. The van der Waals surface area contributed by atoms with E-state index >= 15 is 0 Å². The Balaban J connectivity index is 2.24. The maximum Gasteiger partial charge on any atom is 0.0991 e. The molecule has 0 amide bonds. The predicted octanol–water partition coefficient (Wildman–Crippen LogP) is 5.54. The molecule has 0 aliphatic heterocycles. The smallest absolute Gasteiger partial charge is 0.0991 e. The maximum absolute atomic E-state index is 8.97. The van der Waals surface area contributed by atoms with Crippen LogP contribution in [0.25, 0.3) is 28.3 Å². The van der Waals surface area contributed by atoms with Crippen molar-refractivity contribution in [2.24, 2.45) is 0 Å². The minimum absolute atomic E-state index is 0.668. The van der Waals surface area contributed by atoms with Gasteiger partial charge in [-0.2, -0.15) is 5.26 Å². The summed E-state index contributed by atoms with van der Waals surface area (Å²) in [5.74, 6) is 0. The van der Waals surface area contributed by atoms with Crippen molar-refractivity contribution < 1.29 is 0 Å². The molecule has 0 saturated heterocycles. The molecule has 104 valence electrons. The molecule has 0 fully saturated rings. The minimum atomic E-state index is 0.668. The van der Waals surface area contributed by atoms with Crippen LogP contribution in [-0.4, -0.2) is 0 Å². The molecular formula is C21H15N. The SMILES string of the molecule is C=Cc1cccc(-c2ccccc2)c1-c1ccc(C#N)cc1. The van der Waals surface area contributed by atoms with Gasteiger partial charge in [0.25, 0.3) is 0 Å². The molecule has 0 heterocycles. The van der Waals surface area contributed by atoms with Gasteiger partial charge in [-0.1, -0.05) is 73.3 Å². The highest BCUT2D eigenvalue weighted by atomic mass is 14.2. The summed E-state index contributed by atoms with van der Waals surface area (Å²) in [4.78, 5) is 0. The van der Waals surface area contributed by atoms with Crippen molar-refractivity contribution in [1.29, 1.82) is 5.26 Å². The molecule has 1 heteroatoms. The summed E-state index contributed by atoms with van der Waals surface area (Å²) >= 11 is 0. The summed E-state index contributed by atoms with van der Waals surface area (Å²) in [6, 6.07) is 26.4. The van der Waals surface area contributed by atoms with Gasteiger partial charge < -0.3 is 0 Å². The van der Waals surface area contributed by atoms with Crippen LogP contribution in [0.1, 0.15) is 11.1 Å². The van der Waals surface area contributed by atoms with Crippen molar-refractivity contribution in [3.8, 4) is 28.3 Å². The lowest BCUT2D eigenvalue weighted by Crippen LogP contribution is -1.89. The van der Waals surface area contributed by atoms with Crippen molar-refractivity contribution >= 4 is 6.08 Å². The van der Waals surface area contributed by atoms with Gasteiger partial charge in [-0.25, -0.2) is 0 Å². The summed E-state index contributed by atoms with van der Waals surface area (Å²) in [5, 5.41) is 8.97. The zero-order valence-corrected chi connectivity index (χ0v) is 12.2. The van der Waals surface area contributed by atoms with Crippen molar-refractivity contribution in [3.63, 3.8) is 0 Å². The van der Waals surface area contributed by atoms with Crippen LogP contribution in [0.2, 0.25) is 0 Å². The third-order valence-corrected chi connectivity index (χ3v) is 3.70.